The number of morpholine rings is 1. The van der Waals surface area contributed by atoms with Gasteiger partial charge in [0.05, 0.1) is 19.7 Å². The Morgan fingerprint density at radius 2 is 1.91 bits per heavy atom. The van der Waals surface area contributed by atoms with Gasteiger partial charge in [0, 0.05) is 32.6 Å². The number of aryl methyl sites for hydroxylation is 2. The topological polar surface area (TPSA) is 57.2 Å². The minimum atomic E-state index is 0.0517. The molecule has 33 heavy (non-hydrogen) atoms. The number of carbonyl (C=O) groups excluding carboxylic acids is 1. The lowest BCUT2D eigenvalue weighted by Crippen LogP contribution is -2.48. The molecule has 1 amide bonds. The fraction of sp³-hybridized carbons (Fsp3) is 0.481. The zero-order chi connectivity index (χ0) is 23.2. The third-order valence-corrected chi connectivity index (χ3v) is 6.45. The predicted molar refractivity (Wildman–Crippen MR) is 132 cm³/mol. The van der Waals surface area contributed by atoms with Gasteiger partial charge in [0.15, 0.2) is 5.96 Å². The second kappa shape index (κ2) is 10.8. The number of carbonyl (C=O) groups is 1. The van der Waals surface area contributed by atoms with E-state index in [2.05, 4.69) is 73.5 Å². The molecule has 2 fully saturated rings. The van der Waals surface area contributed by atoms with Gasteiger partial charge in [0.25, 0.3) is 0 Å². The number of hydrogen-bond acceptors (Lipinski definition) is 3. The van der Waals surface area contributed by atoms with Crippen molar-refractivity contribution in [2.45, 2.75) is 52.8 Å². The van der Waals surface area contributed by atoms with Crippen LogP contribution in [0.4, 0.5) is 0 Å². The number of ether oxygens (including phenoxy) is 1. The van der Waals surface area contributed by atoms with E-state index in [0.717, 1.165) is 38.6 Å². The summed E-state index contributed by atoms with van der Waals surface area (Å²) in [6.07, 6.45) is 1.71. The molecule has 2 aromatic rings. The van der Waals surface area contributed by atoms with Crippen LogP contribution in [0.25, 0.3) is 0 Å². The molecule has 1 unspecified atom stereocenters. The Morgan fingerprint density at radius 3 is 2.61 bits per heavy atom. The van der Waals surface area contributed by atoms with Gasteiger partial charge in [0.1, 0.15) is 6.10 Å². The van der Waals surface area contributed by atoms with Gasteiger partial charge in [-0.15, -0.1) is 0 Å². The Labute approximate surface area is 197 Å². The Kier molecular flexibility index (Phi) is 7.65. The number of nitrogens with zero attached hydrogens (tertiary/aromatic N) is 3. The predicted octanol–water partition coefficient (Wildman–Crippen LogP) is 3.96. The molecule has 2 saturated heterocycles. The maximum absolute atomic E-state index is 11.9. The van der Waals surface area contributed by atoms with Crippen LogP contribution < -0.4 is 5.32 Å². The summed E-state index contributed by atoms with van der Waals surface area (Å²) in [4.78, 5) is 21.1. The van der Waals surface area contributed by atoms with Crippen LogP contribution in [-0.2, 0) is 22.6 Å². The van der Waals surface area contributed by atoms with E-state index in [1.54, 1.807) is 0 Å². The van der Waals surface area contributed by atoms with Crippen LogP contribution in [0.3, 0.4) is 0 Å². The van der Waals surface area contributed by atoms with Crippen LogP contribution in [0, 0.1) is 13.8 Å². The Hall–Kier alpha value is -2.86. The first-order valence-electron chi connectivity index (χ1n) is 12.1. The van der Waals surface area contributed by atoms with E-state index in [4.69, 9.17) is 9.73 Å². The number of likely N-dealkylation sites (tertiary alicyclic amines) is 1. The summed E-state index contributed by atoms with van der Waals surface area (Å²) in [6, 6.07) is 15.1. The van der Waals surface area contributed by atoms with Gasteiger partial charge in [-0.25, -0.2) is 4.99 Å². The van der Waals surface area contributed by atoms with Gasteiger partial charge < -0.3 is 19.9 Å². The molecule has 2 aromatic carbocycles. The lowest BCUT2D eigenvalue weighted by Gasteiger charge is -2.36. The average Bonchev–Trinajstić information content (AvgIpc) is 3.22. The molecular weight excluding hydrogens is 412 g/mol. The fourth-order valence-corrected chi connectivity index (χ4v) is 4.65. The number of guanidine groups is 1. The van der Waals surface area contributed by atoms with Crippen LogP contribution in [0.15, 0.2) is 47.5 Å². The van der Waals surface area contributed by atoms with Gasteiger partial charge in [-0.3, -0.25) is 4.79 Å². The lowest BCUT2D eigenvalue weighted by molar-refractivity contribution is -0.128. The van der Waals surface area contributed by atoms with E-state index < -0.39 is 0 Å². The van der Waals surface area contributed by atoms with Gasteiger partial charge >= 0.3 is 0 Å². The first-order valence-corrected chi connectivity index (χ1v) is 12.1. The van der Waals surface area contributed by atoms with Crippen molar-refractivity contribution in [3.8, 4) is 0 Å². The standard InChI is InChI=1S/C27H36N4O2/c1-4-28-27(31-14-15-33-25(19-31)24-12-7-20(2)16-21(24)3)29-17-22-8-10-23(11-9-22)18-30-13-5-6-26(30)32/h7-12,16,25H,4-6,13-15,17-19H2,1-3H3,(H,28,29). The highest BCUT2D eigenvalue weighted by Crippen LogP contribution is 2.26. The Balaban J connectivity index is 1.40. The zero-order valence-corrected chi connectivity index (χ0v) is 20.1. The molecule has 2 aliphatic rings. The summed E-state index contributed by atoms with van der Waals surface area (Å²) in [7, 11) is 0. The monoisotopic (exact) mass is 448 g/mol. The molecule has 1 N–H and O–H groups in total. The molecule has 6 nitrogen and oxygen atoms in total. The molecule has 0 radical (unpaired) electrons. The van der Waals surface area contributed by atoms with Crippen molar-refractivity contribution in [1.82, 2.24) is 15.1 Å². The van der Waals surface area contributed by atoms with Crippen LogP contribution in [0.1, 0.15) is 53.7 Å². The van der Waals surface area contributed by atoms with Crippen LogP contribution in [-0.4, -0.2) is 54.5 Å². The van der Waals surface area contributed by atoms with Crippen LogP contribution >= 0.6 is 0 Å². The molecule has 6 heteroatoms. The number of rotatable bonds is 6. The smallest absolute Gasteiger partial charge is 0.222 e. The van der Waals surface area contributed by atoms with Crippen molar-refractivity contribution in [1.29, 1.82) is 0 Å². The van der Waals surface area contributed by atoms with E-state index in [-0.39, 0.29) is 12.0 Å². The summed E-state index contributed by atoms with van der Waals surface area (Å²) in [6.45, 7) is 11.7. The number of amides is 1. The van der Waals surface area contributed by atoms with Gasteiger partial charge in [-0.1, -0.05) is 48.0 Å². The van der Waals surface area contributed by atoms with E-state index >= 15 is 0 Å². The molecule has 0 bridgehead atoms. The molecule has 176 valence electrons. The van der Waals surface area contributed by atoms with Crippen LogP contribution in [0.2, 0.25) is 0 Å². The largest absolute Gasteiger partial charge is 0.370 e. The summed E-state index contributed by atoms with van der Waals surface area (Å²) < 4.78 is 6.13. The van der Waals surface area contributed by atoms with Crippen molar-refractivity contribution in [3.05, 3.63) is 70.3 Å². The maximum Gasteiger partial charge on any atom is 0.222 e. The molecule has 1 atom stereocenters. The zero-order valence-electron chi connectivity index (χ0n) is 20.1. The minimum absolute atomic E-state index is 0.0517. The van der Waals surface area contributed by atoms with Crippen molar-refractivity contribution in [2.75, 3.05) is 32.8 Å². The second-order valence-electron chi connectivity index (χ2n) is 9.07. The van der Waals surface area contributed by atoms with Crippen molar-refractivity contribution in [2.24, 2.45) is 4.99 Å². The normalized spacial score (nSPS) is 19.3. The quantitative estimate of drug-likeness (QED) is 0.537. The first-order chi connectivity index (χ1) is 16.0. The van der Waals surface area contributed by atoms with Crippen molar-refractivity contribution >= 4 is 11.9 Å². The van der Waals surface area contributed by atoms with Crippen LogP contribution in [0.5, 0.6) is 0 Å². The fourth-order valence-electron chi connectivity index (χ4n) is 4.65. The highest BCUT2D eigenvalue weighted by Gasteiger charge is 2.25. The van der Waals surface area contributed by atoms with Gasteiger partial charge in [0.2, 0.25) is 5.91 Å². The highest BCUT2D eigenvalue weighted by molar-refractivity contribution is 5.80. The van der Waals surface area contributed by atoms with Crippen molar-refractivity contribution < 1.29 is 9.53 Å². The lowest BCUT2D eigenvalue weighted by atomic mass is 10.00. The Bertz CT molecular complexity index is 986. The minimum Gasteiger partial charge on any atom is -0.370 e. The SMILES string of the molecule is CCNC(=NCc1ccc(CN2CCCC2=O)cc1)N1CCOC(c2ccc(C)cc2C)C1. The van der Waals surface area contributed by atoms with E-state index in [1.807, 2.05) is 4.90 Å². The van der Waals surface area contributed by atoms with E-state index in [0.29, 0.717) is 26.1 Å². The highest BCUT2D eigenvalue weighted by atomic mass is 16.5. The third kappa shape index (κ3) is 5.93. The summed E-state index contributed by atoms with van der Waals surface area (Å²) in [5, 5.41) is 3.46. The Morgan fingerprint density at radius 1 is 1.12 bits per heavy atom. The summed E-state index contributed by atoms with van der Waals surface area (Å²) >= 11 is 0. The second-order valence-corrected chi connectivity index (χ2v) is 9.07. The summed E-state index contributed by atoms with van der Waals surface area (Å²) in [5.41, 5.74) is 6.15. The molecular formula is C27H36N4O2. The molecule has 0 spiro atoms. The number of benzene rings is 2. The molecule has 0 aliphatic carbocycles. The summed E-state index contributed by atoms with van der Waals surface area (Å²) in [5.74, 6) is 1.20. The third-order valence-electron chi connectivity index (χ3n) is 6.45. The first kappa shape index (κ1) is 23.3. The number of aliphatic imine (C=N–C) groups is 1. The molecule has 2 aliphatic heterocycles. The molecule has 0 saturated carbocycles. The number of hydrogen-bond donors (Lipinski definition) is 1. The van der Waals surface area contributed by atoms with Gasteiger partial charge in [-0.05, 0) is 49.4 Å². The average molecular weight is 449 g/mol. The molecule has 0 aromatic heterocycles. The van der Waals surface area contributed by atoms with E-state index in [9.17, 15) is 4.79 Å². The van der Waals surface area contributed by atoms with E-state index in [1.165, 1.54) is 27.8 Å². The number of nitrogens with one attached hydrogen (secondary N) is 1. The maximum atomic E-state index is 11.9. The molecule has 2 heterocycles. The molecule has 4 rings (SSSR count). The van der Waals surface area contributed by atoms with Gasteiger partial charge in [-0.2, -0.15) is 0 Å². The van der Waals surface area contributed by atoms with Crippen molar-refractivity contribution in [3.63, 3.8) is 0 Å².